The Bertz CT molecular complexity index is 468. The van der Waals surface area contributed by atoms with Gasteiger partial charge in [-0.1, -0.05) is 11.6 Å². The van der Waals surface area contributed by atoms with Crippen molar-refractivity contribution in [2.75, 3.05) is 0 Å². The summed E-state index contributed by atoms with van der Waals surface area (Å²) in [5, 5.41) is 4.61. The summed E-state index contributed by atoms with van der Waals surface area (Å²) in [4.78, 5) is 8.01. The number of halogens is 2. The van der Waals surface area contributed by atoms with E-state index in [1.807, 2.05) is 13.1 Å². The highest BCUT2D eigenvalue weighted by atomic mass is 127. The second-order valence-corrected chi connectivity index (χ2v) is 4.32. The Kier molecular flexibility index (Phi) is 2.69. The summed E-state index contributed by atoms with van der Waals surface area (Å²) in [6.45, 7) is 1.87. The molecular weight excluding hydrogens is 314 g/mol. The highest BCUT2D eigenvalue weighted by Gasteiger charge is 2.07. The summed E-state index contributed by atoms with van der Waals surface area (Å²) in [7, 11) is 0. The van der Waals surface area contributed by atoms with E-state index in [0.29, 0.717) is 11.0 Å². The zero-order valence-corrected chi connectivity index (χ0v) is 10.2. The highest BCUT2D eigenvalue weighted by Crippen LogP contribution is 2.17. The number of hydrogen-bond acceptors (Lipinski definition) is 3. The fourth-order valence-corrected chi connectivity index (χ4v) is 1.58. The molecule has 6 heteroatoms. The minimum absolute atomic E-state index is 0.459. The second kappa shape index (κ2) is 3.82. The van der Waals surface area contributed by atoms with Crippen LogP contribution >= 0.6 is 34.2 Å². The molecule has 0 fully saturated rings. The first-order valence-corrected chi connectivity index (χ1v) is 5.32. The van der Waals surface area contributed by atoms with E-state index in [1.54, 1.807) is 10.9 Å². The van der Waals surface area contributed by atoms with Crippen molar-refractivity contribution in [1.82, 2.24) is 19.7 Å². The summed E-state index contributed by atoms with van der Waals surface area (Å²) in [6, 6.07) is 0. The SMILES string of the molecule is Cc1c(Cl)ncnc1-n1cc(I)cn1. The average Bonchev–Trinajstić information content (AvgIpc) is 2.57. The summed E-state index contributed by atoms with van der Waals surface area (Å²) in [6.07, 6.45) is 5.07. The van der Waals surface area contributed by atoms with Gasteiger partial charge >= 0.3 is 0 Å². The van der Waals surface area contributed by atoms with Gasteiger partial charge in [-0.25, -0.2) is 14.6 Å². The van der Waals surface area contributed by atoms with Gasteiger partial charge in [0.1, 0.15) is 11.5 Å². The Morgan fingerprint density at radius 3 is 2.86 bits per heavy atom. The van der Waals surface area contributed by atoms with Crippen LogP contribution in [0.1, 0.15) is 5.56 Å². The van der Waals surface area contributed by atoms with Gasteiger partial charge in [-0.15, -0.1) is 0 Å². The van der Waals surface area contributed by atoms with Crippen molar-refractivity contribution < 1.29 is 0 Å². The predicted octanol–water partition coefficient (Wildman–Crippen LogP) is 2.23. The molecule has 4 nitrogen and oxygen atoms in total. The zero-order chi connectivity index (χ0) is 10.1. The van der Waals surface area contributed by atoms with E-state index in [4.69, 9.17) is 11.6 Å². The summed E-state index contributed by atoms with van der Waals surface area (Å²) in [5.41, 5.74) is 0.827. The van der Waals surface area contributed by atoms with Gasteiger partial charge in [-0.2, -0.15) is 5.10 Å². The summed E-state index contributed by atoms with van der Waals surface area (Å²) < 4.78 is 2.74. The van der Waals surface area contributed by atoms with Crippen LogP contribution in [0.3, 0.4) is 0 Å². The first kappa shape index (κ1) is 9.85. The summed E-state index contributed by atoms with van der Waals surface area (Å²) in [5.74, 6) is 0.716. The van der Waals surface area contributed by atoms with Crippen LogP contribution in [-0.2, 0) is 0 Å². The van der Waals surface area contributed by atoms with E-state index in [9.17, 15) is 0 Å². The van der Waals surface area contributed by atoms with Crippen LogP contribution in [0.5, 0.6) is 0 Å². The lowest BCUT2D eigenvalue weighted by atomic mass is 10.3. The van der Waals surface area contributed by atoms with Gasteiger partial charge in [0.05, 0.1) is 9.77 Å². The molecule has 0 amide bonds. The minimum atomic E-state index is 0.459. The first-order chi connectivity index (χ1) is 6.68. The smallest absolute Gasteiger partial charge is 0.161 e. The Labute approximate surface area is 99.5 Å². The second-order valence-electron chi connectivity index (χ2n) is 2.72. The van der Waals surface area contributed by atoms with Gasteiger partial charge in [0.2, 0.25) is 0 Å². The molecule has 0 saturated heterocycles. The Balaban J connectivity index is 2.57. The highest BCUT2D eigenvalue weighted by molar-refractivity contribution is 14.1. The lowest BCUT2D eigenvalue weighted by Gasteiger charge is -2.04. The van der Waals surface area contributed by atoms with Crippen molar-refractivity contribution in [1.29, 1.82) is 0 Å². The van der Waals surface area contributed by atoms with Crippen LogP contribution in [0.4, 0.5) is 0 Å². The molecule has 0 aliphatic carbocycles. The van der Waals surface area contributed by atoms with Crippen molar-refractivity contribution in [2.24, 2.45) is 0 Å². The fraction of sp³-hybridized carbons (Fsp3) is 0.125. The molecule has 0 atom stereocenters. The first-order valence-electron chi connectivity index (χ1n) is 3.86. The van der Waals surface area contributed by atoms with Crippen molar-refractivity contribution in [2.45, 2.75) is 6.92 Å². The molecule has 2 heterocycles. The molecule has 2 aromatic heterocycles. The standard InChI is InChI=1S/C8H6ClIN4/c1-5-7(9)11-4-12-8(5)14-3-6(10)2-13-14/h2-4H,1H3. The minimum Gasteiger partial charge on any atom is -0.224 e. The van der Waals surface area contributed by atoms with Crippen LogP contribution in [0.2, 0.25) is 5.15 Å². The van der Waals surface area contributed by atoms with Gasteiger partial charge in [0, 0.05) is 11.8 Å². The number of hydrogen-bond donors (Lipinski definition) is 0. The molecule has 0 unspecified atom stereocenters. The van der Waals surface area contributed by atoms with Crippen molar-refractivity contribution in [3.63, 3.8) is 0 Å². The molecule has 0 saturated carbocycles. The van der Waals surface area contributed by atoms with Gasteiger partial charge in [-0.3, -0.25) is 0 Å². The van der Waals surface area contributed by atoms with E-state index < -0.39 is 0 Å². The third-order valence-electron chi connectivity index (χ3n) is 1.76. The maximum absolute atomic E-state index is 5.88. The molecule has 72 valence electrons. The quantitative estimate of drug-likeness (QED) is 0.598. The fourth-order valence-electron chi connectivity index (χ4n) is 1.07. The number of aromatic nitrogens is 4. The Morgan fingerprint density at radius 2 is 2.21 bits per heavy atom. The average molecular weight is 321 g/mol. The molecule has 0 aliphatic rings. The zero-order valence-electron chi connectivity index (χ0n) is 7.28. The topological polar surface area (TPSA) is 43.6 Å². The van der Waals surface area contributed by atoms with Crippen LogP contribution < -0.4 is 0 Å². The maximum Gasteiger partial charge on any atom is 0.161 e. The molecule has 0 spiro atoms. The van der Waals surface area contributed by atoms with Crippen molar-refractivity contribution in [3.8, 4) is 5.82 Å². The van der Waals surface area contributed by atoms with Crippen molar-refractivity contribution >= 4 is 34.2 Å². The van der Waals surface area contributed by atoms with Crippen LogP contribution in [0.15, 0.2) is 18.7 Å². The monoisotopic (exact) mass is 320 g/mol. The Hall–Kier alpha value is -0.690. The van der Waals surface area contributed by atoms with E-state index in [0.717, 1.165) is 9.13 Å². The van der Waals surface area contributed by atoms with E-state index >= 15 is 0 Å². The Morgan fingerprint density at radius 1 is 1.43 bits per heavy atom. The van der Waals surface area contributed by atoms with Gasteiger partial charge in [-0.05, 0) is 29.5 Å². The number of nitrogens with zero attached hydrogens (tertiary/aromatic N) is 4. The largest absolute Gasteiger partial charge is 0.224 e. The molecule has 2 rings (SSSR count). The number of rotatable bonds is 1. The molecule has 0 aromatic carbocycles. The van der Waals surface area contributed by atoms with Gasteiger partial charge < -0.3 is 0 Å². The lowest BCUT2D eigenvalue weighted by molar-refractivity contribution is 0.829. The molecule has 0 N–H and O–H groups in total. The van der Waals surface area contributed by atoms with Crippen LogP contribution in [0.25, 0.3) is 5.82 Å². The molecule has 0 bridgehead atoms. The molecule has 2 aromatic rings. The van der Waals surface area contributed by atoms with Gasteiger partial charge in [0.25, 0.3) is 0 Å². The van der Waals surface area contributed by atoms with E-state index in [-0.39, 0.29) is 0 Å². The predicted molar refractivity (Wildman–Crippen MR) is 61.6 cm³/mol. The lowest BCUT2D eigenvalue weighted by Crippen LogP contribution is -2.02. The molecular formula is C8H6ClIN4. The van der Waals surface area contributed by atoms with Gasteiger partial charge in [0.15, 0.2) is 5.82 Å². The van der Waals surface area contributed by atoms with E-state index in [1.165, 1.54) is 6.33 Å². The van der Waals surface area contributed by atoms with Crippen molar-refractivity contribution in [3.05, 3.63) is 33.0 Å². The van der Waals surface area contributed by atoms with E-state index in [2.05, 4.69) is 37.7 Å². The summed E-state index contributed by atoms with van der Waals surface area (Å²) >= 11 is 8.06. The third kappa shape index (κ3) is 1.74. The molecule has 0 radical (unpaired) electrons. The normalized spacial score (nSPS) is 10.5. The molecule has 14 heavy (non-hydrogen) atoms. The van der Waals surface area contributed by atoms with Crippen LogP contribution in [0, 0.1) is 10.5 Å². The van der Waals surface area contributed by atoms with Crippen LogP contribution in [-0.4, -0.2) is 19.7 Å². The third-order valence-corrected chi connectivity index (χ3v) is 2.70. The molecule has 0 aliphatic heterocycles. The maximum atomic E-state index is 5.88.